The second-order valence-corrected chi connectivity index (χ2v) is 3.04. The fourth-order valence-corrected chi connectivity index (χ4v) is 0.969. The minimum absolute atomic E-state index is 0.433. The summed E-state index contributed by atoms with van der Waals surface area (Å²) in [5.74, 6) is 1.33. The third kappa shape index (κ3) is 4.14. The zero-order valence-electron chi connectivity index (χ0n) is 8.03. The lowest BCUT2D eigenvalue weighted by Crippen LogP contribution is -2.09. The van der Waals surface area contributed by atoms with Gasteiger partial charge in [-0.1, -0.05) is 0 Å². The molecular formula is C10H13ClN2O. The Kier molecular flexibility index (Phi) is 4.86. The summed E-state index contributed by atoms with van der Waals surface area (Å²) >= 11 is 5.43. The van der Waals surface area contributed by atoms with Crippen molar-refractivity contribution in [3.8, 4) is 0 Å². The zero-order valence-corrected chi connectivity index (χ0v) is 8.79. The molecular weight excluding hydrogens is 200 g/mol. The zero-order chi connectivity index (χ0) is 10.2. The van der Waals surface area contributed by atoms with E-state index in [2.05, 4.69) is 10.3 Å². The van der Waals surface area contributed by atoms with Crippen molar-refractivity contribution in [2.24, 2.45) is 4.99 Å². The molecule has 0 aliphatic carbocycles. The number of hydrogen-bond donors (Lipinski definition) is 1. The second-order valence-electron chi connectivity index (χ2n) is 2.73. The molecule has 1 rings (SSSR count). The Morgan fingerprint density at radius 2 is 2.57 bits per heavy atom. The minimum atomic E-state index is 0.433. The number of alkyl halides is 1. The minimum Gasteiger partial charge on any atom is -0.467 e. The van der Waals surface area contributed by atoms with Crippen LogP contribution in [0.25, 0.3) is 0 Å². The fourth-order valence-electron chi connectivity index (χ4n) is 0.890. The van der Waals surface area contributed by atoms with Crippen molar-refractivity contribution in [2.75, 3.05) is 5.88 Å². The van der Waals surface area contributed by atoms with Gasteiger partial charge in [0.1, 0.15) is 5.76 Å². The van der Waals surface area contributed by atoms with E-state index in [1.165, 1.54) is 0 Å². The molecule has 0 amide bonds. The topological polar surface area (TPSA) is 37.5 Å². The van der Waals surface area contributed by atoms with Crippen LogP contribution in [0.1, 0.15) is 12.7 Å². The van der Waals surface area contributed by atoms with Gasteiger partial charge in [0.25, 0.3) is 0 Å². The van der Waals surface area contributed by atoms with Crippen molar-refractivity contribution >= 4 is 17.8 Å². The summed E-state index contributed by atoms with van der Waals surface area (Å²) in [6, 6.07) is 3.78. The highest BCUT2D eigenvalue weighted by atomic mass is 35.5. The fraction of sp³-hybridized carbons (Fsp3) is 0.300. The van der Waals surface area contributed by atoms with Gasteiger partial charge in [0.2, 0.25) is 0 Å². The van der Waals surface area contributed by atoms with Gasteiger partial charge in [-0.3, -0.25) is 4.99 Å². The van der Waals surface area contributed by atoms with Gasteiger partial charge in [0, 0.05) is 18.1 Å². The van der Waals surface area contributed by atoms with Gasteiger partial charge >= 0.3 is 0 Å². The van der Waals surface area contributed by atoms with Crippen LogP contribution in [-0.4, -0.2) is 12.1 Å². The third-order valence-corrected chi connectivity index (χ3v) is 1.70. The van der Waals surface area contributed by atoms with Gasteiger partial charge in [0.05, 0.1) is 18.7 Å². The summed E-state index contributed by atoms with van der Waals surface area (Å²) in [6.07, 6.45) is 5.02. The van der Waals surface area contributed by atoms with Crippen LogP contribution in [0, 0.1) is 0 Å². The van der Waals surface area contributed by atoms with Crippen LogP contribution in [0.15, 0.2) is 39.7 Å². The average molecular weight is 213 g/mol. The Morgan fingerprint density at radius 3 is 3.21 bits per heavy atom. The molecule has 0 bridgehead atoms. The first-order valence-corrected chi connectivity index (χ1v) is 4.87. The Hall–Kier alpha value is -1.22. The van der Waals surface area contributed by atoms with Crippen LogP contribution in [0.4, 0.5) is 0 Å². The molecule has 0 aliphatic rings. The normalized spacial score (nSPS) is 12.3. The predicted molar refractivity (Wildman–Crippen MR) is 58.5 cm³/mol. The van der Waals surface area contributed by atoms with Crippen molar-refractivity contribution in [2.45, 2.75) is 13.5 Å². The summed E-state index contributed by atoms with van der Waals surface area (Å²) in [4.78, 5) is 3.98. The van der Waals surface area contributed by atoms with Gasteiger partial charge in [-0.15, -0.1) is 11.6 Å². The number of halogens is 1. The SMILES string of the molecule is C/C(=C\N=CCCl)NCc1ccco1. The number of furan rings is 1. The van der Waals surface area contributed by atoms with Gasteiger partial charge in [-0.25, -0.2) is 0 Å². The third-order valence-electron chi connectivity index (χ3n) is 1.56. The maximum Gasteiger partial charge on any atom is 0.122 e. The molecule has 1 aromatic rings. The highest BCUT2D eigenvalue weighted by Gasteiger charge is 1.93. The van der Waals surface area contributed by atoms with Crippen LogP contribution in [0.2, 0.25) is 0 Å². The highest BCUT2D eigenvalue weighted by molar-refractivity contribution is 6.24. The summed E-state index contributed by atoms with van der Waals surface area (Å²) in [7, 11) is 0. The van der Waals surface area contributed by atoms with Crippen LogP contribution < -0.4 is 5.32 Å². The molecule has 0 fully saturated rings. The van der Waals surface area contributed by atoms with E-state index >= 15 is 0 Å². The number of nitrogens with zero attached hydrogens (tertiary/aromatic N) is 1. The van der Waals surface area contributed by atoms with E-state index in [4.69, 9.17) is 16.0 Å². The first kappa shape index (κ1) is 10.9. The molecule has 4 heteroatoms. The molecule has 0 radical (unpaired) electrons. The van der Waals surface area contributed by atoms with Crippen LogP contribution in [0.3, 0.4) is 0 Å². The molecule has 0 aromatic carbocycles. The summed E-state index contributed by atoms with van der Waals surface area (Å²) in [5, 5.41) is 3.15. The quantitative estimate of drug-likeness (QED) is 0.602. The highest BCUT2D eigenvalue weighted by Crippen LogP contribution is 2.00. The van der Waals surface area contributed by atoms with Gasteiger partial charge in [-0.05, 0) is 19.1 Å². The summed E-state index contributed by atoms with van der Waals surface area (Å²) in [5.41, 5.74) is 0.975. The Balaban J connectivity index is 2.31. The summed E-state index contributed by atoms with van der Waals surface area (Å²) < 4.78 is 5.16. The van der Waals surface area contributed by atoms with Crippen LogP contribution >= 0.6 is 11.6 Å². The number of hydrogen-bond acceptors (Lipinski definition) is 3. The van der Waals surface area contributed by atoms with E-state index in [9.17, 15) is 0 Å². The monoisotopic (exact) mass is 212 g/mol. The lowest BCUT2D eigenvalue weighted by atomic mass is 10.4. The predicted octanol–water partition coefficient (Wildman–Crippen LogP) is 2.54. The van der Waals surface area contributed by atoms with Crippen LogP contribution in [-0.2, 0) is 6.54 Å². The summed E-state index contributed by atoms with van der Waals surface area (Å²) in [6.45, 7) is 2.61. The van der Waals surface area contributed by atoms with Crippen molar-refractivity contribution in [1.29, 1.82) is 0 Å². The second kappa shape index (κ2) is 6.27. The Labute approximate surface area is 88.5 Å². The molecule has 76 valence electrons. The maximum absolute atomic E-state index is 5.43. The Morgan fingerprint density at radius 1 is 1.71 bits per heavy atom. The number of aliphatic imine (C=N–C) groups is 1. The van der Waals surface area contributed by atoms with Crippen molar-refractivity contribution in [3.63, 3.8) is 0 Å². The molecule has 1 N–H and O–H groups in total. The van der Waals surface area contributed by atoms with E-state index in [1.54, 1.807) is 18.7 Å². The van der Waals surface area contributed by atoms with Crippen molar-refractivity contribution < 1.29 is 4.42 Å². The first-order valence-electron chi connectivity index (χ1n) is 4.33. The first-order chi connectivity index (χ1) is 6.83. The largest absolute Gasteiger partial charge is 0.467 e. The van der Waals surface area contributed by atoms with Gasteiger partial charge in [0.15, 0.2) is 0 Å². The Bertz CT molecular complexity index is 304. The molecule has 1 heterocycles. The maximum atomic E-state index is 5.43. The van der Waals surface area contributed by atoms with E-state index in [0.717, 1.165) is 11.5 Å². The molecule has 0 saturated heterocycles. The molecule has 0 spiro atoms. The molecule has 3 nitrogen and oxygen atoms in total. The molecule has 0 atom stereocenters. The van der Waals surface area contributed by atoms with Crippen LogP contribution in [0.5, 0.6) is 0 Å². The average Bonchev–Trinajstić information content (AvgIpc) is 2.68. The van der Waals surface area contributed by atoms with Crippen molar-refractivity contribution in [1.82, 2.24) is 5.32 Å². The molecule has 1 aromatic heterocycles. The van der Waals surface area contributed by atoms with E-state index < -0.39 is 0 Å². The number of nitrogens with one attached hydrogen (secondary N) is 1. The van der Waals surface area contributed by atoms with E-state index in [-0.39, 0.29) is 0 Å². The standard InChI is InChI=1S/C10H13ClN2O/c1-9(7-12-5-4-11)13-8-10-3-2-6-14-10/h2-3,5-7,13H,4,8H2,1H3/b9-7+,12-5?. The number of rotatable bonds is 5. The smallest absolute Gasteiger partial charge is 0.122 e. The lowest BCUT2D eigenvalue weighted by Gasteiger charge is -2.01. The lowest BCUT2D eigenvalue weighted by molar-refractivity contribution is 0.496. The number of allylic oxidation sites excluding steroid dienone is 1. The van der Waals surface area contributed by atoms with Gasteiger partial charge < -0.3 is 9.73 Å². The van der Waals surface area contributed by atoms with Gasteiger partial charge in [-0.2, -0.15) is 0 Å². The molecule has 0 saturated carbocycles. The van der Waals surface area contributed by atoms with E-state index in [0.29, 0.717) is 12.4 Å². The molecule has 0 unspecified atom stereocenters. The molecule has 14 heavy (non-hydrogen) atoms. The van der Waals surface area contributed by atoms with Crippen molar-refractivity contribution in [3.05, 3.63) is 36.1 Å². The molecule has 0 aliphatic heterocycles. The van der Waals surface area contributed by atoms with E-state index in [1.807, 2.05) is 19.1 Å².